The van der Waals surface area contributed by atoms with E-state index in [-0.39, 0.29) is 34.9 Å². The van der Waals surface area contributed by atoms with Gasteiger partial charge >= 0.3 is 0 Å². The van der Waals surface area contributed by atoms with E-state index in [1.54, 1.807) is 4.90 Å². The number of nitrogens with one attached hydrogen (secondary N) is 1. The number of hydrogen-bond acceptors (Lipinski definition) is 4. The number of piperazine rings is 1. The maximum Gasteiger partial charge on any atom is 0.252 e. The zero-order chi connectivity index (χ0) is 18.7. The van der Waals surface area contributed by atoms with E-state index in [1.165, 1.54) is 12.1 Å². The van der Waals surface area contributed by atoms with Gasteiger partial charge in [-0.15, -0.1) is 0 Å². The first-order valence-corrected chi connectivity index (χ1v) is 8.77. The van der Waals surface area contributed by atoms with Gasteiger partial charge in [-0.1, -0.05) is 24.6 Å². The van der Waals surface area contributed by atoms with Crippen molar-refractivity contribution in [2.75, 3.05) is 24.5 Å². The Morgan fingerprint density at radius 3 is 2.77 bits per heavy atom. The lowest BCUT2D eigenvalue weighted by molar-refractivity contribution is 0.270. The minimum Gasteiger partial charge on any atom is -0.471 e. The molecule has 140 valence electrons. The van der Waals surface area contributed by atoms with Crippen molar-refractivity contribution in [1.29, 1.82) is 0 Å². The molecule has 0 saturated carbocycles. The topological polar surface area (TPSA) is 37.4 Å². The Bertz CT molecular complexity index is 791. The molecule has 1 saturated heterocycles. The third-order valence-corrected chi connectivity index (χ3v) is 4.59. The molecular formula is C18H19ClF3N3O. The maximum absolute atomic E-state index is 14.3. The molecule has 2 aromatic rings. The van der Waals surface area contributed by atoms with Gasteiger partial charge in [0.25, 0.3) is 5.88 Å². The van der Waals surface area contributed by atoms with E-state index in [1.807, 2.05) is 6.92 Å². The Morgan fingerprint density at radius 1 is 1.23 bits per heavy atom. The summed E-state index contributed by atoms with van der Waals surface area (Å²) in [5.74, 6) is -2.54. The molecule has 3 rings (SSSR count). The van der Waals surface area contributed by atoms with Crippen LogP contribution in [0, 0.1) is 17.5 Å². The summed E-state index contributed by atoms with van der Waals surface area (Å²) in [6.07, 6.45) is 0.789. The van der Waals surface area contributed by atoms with Crippen molar-refractivity contribution in [3.05, 3.63) is 52.3 Å². The zero-order valence-electron chi connectivity index (χ0n) is 14.2. The summed E-state index contributed by atoms with van der Waals surface area (Å²) in [7, 11) is 0. The fraction of sp³-hybridized carbons (Fsp3) is 0.389. The van der Waals surface area contributed by atoms with Gasteiger partial charge in [0.1, 0.15) is 12.4 Å². The molecule has 0 radical (unpaired) electrons. The number of rotatable bonds is 5. The second-order valence-electron chi connectivity index (χ2n) is 6.06. The molecule has 8 heteroatoms. The first-order valence-electron chi connectivity index (χ1n) is 8.39. The van der Waals surface area contributed by atoms with Crippen molar-refractivity contribution >= 4 is 17.4 Å². The predicted molar refractivity (Wildman–Crippen MR) is 94.2 cm³/mol. The molecule has 1 unspecified atom stereocenters. The monoisotopic (exact) mass is 385 g/mol. The van der Waals surface area contributed by atoms with Gasteiger partial charge in [-0.05, 0) is 18.6 Å². The number of ether oxygens (including phenoxy) is 1. The van der Waals surface area contributed by atoms with Crippen LogP contribution in [0.25, 0.3) is 0 Å². The van der Waals surface area contributed by atoms with Gasteiger partial charge in [0, 0.05) is 42.3 Å². The minimum atomic E-state index is -0.927. The average Bonchev–Trinajstić information content (AvgIpc) is 2.62. The Balaban J connectivity index is 1.83. The lowest BCUT2D eigenvalue weighted by Gasteiger charge is -2.36. The Hall–Kier alpha value is -1.99. The van der Waals surface area contributed by atoms with Gasteiger partial charge in [0.2, 0.25) is 0 Å². The third kappa shape index (κ3) is 4.04. The molecule has 0 aliphatic carbocycles. The highest BCUT2D eigenvalue weighted by Gasteiger charge is 2.26. The van der Waals surface area contributed by atoms with Crippen molar-refractivity contribution in [3.8, 4) is 5.88 Å². The largest absolute Gasteiger partial charge is 0.471 e. The van der Waals surface area contributed by atoms with Crippen molar-refractivity contribution < 1.29 is 17.9 Å². The highest BCUT2D eigenvalue weighted by Crippen LogP contribution is 2.27. The number of halogens is 4. The quantitative estimate of drug-likeness (QED) is 0.846. The van der Waals surface area contributed by atoms with Gasteiger partial charge in [-0.2, -0.15) is 4.98 Å². The number of anilines is 1. The van der Waals surface area contributed by atoms with E-state index < -0.39 is 17.5 Å². The standard InChI is InChI=1S/C18H19ClF3N3O/c1-2-13-9-23-5-6-25(13)17-15(21)8-16(22)18(24-17)26-10-11-3-4-12(19)7-14(11)20/h3-4,7-8,13,23H,2,5-6,9-10H2,1H3. The van der Waals surface area contributed by atoms with E-state index in [2.05, 4.69) is 10.3 Å². The van der Waals surface area contributed by atoms with E-state index >= 15 is 0 Å². The summed E-state index contributed by atoms with van der Waals surface area (Å²) in [6, 6.07) is 4.91. The summed E-state index contributed by atoms with van der Waals surface area (Å²) < 4.78 is 47.5. The minimum absolute atomic E-state index is 0.0475. The summed E-state index contributed by atoms with van der Waals surface area (Å²) in [5.41, 5.74) is 0.204. The van der Waals surface area contributed by atoms with E-state index in [0.717, 1.165) is 18.6 Å². The van der Waals surface area contributed by atoms with Gasteiger partial charge in [-0.25, -0.2) is 13.2 Å². The van der Waals surface area contributed by atoms with Crippen molar-refractivity contribution in [2.45, 2.75) is 26.0 Å². The number of hydrogen-bond donors (Lipinski definition) is 1. The Labute approximate surface area is 154 Å². The van der Waals surface area contributed by atoms with Crippen LogP contribution in [0.1, 0.15) is 18.9 Å². The summed E-state index contributed by atoms with van der Waals surface area (Å²) in [5, 5.41) is 3.49. The van der Waals surface area contributed by atoms with Gasteiger partial charge in [0.05, 0.1) is 0 Å². The molecule has 0 spiro atoms. The molecule has 1 fully saturated rings. The number of benzene rings is 1. The Kier molecular flexibility index (Phi) is 5.88. The van der Waals surface area contributed by atoms with E-state index in [0.29, 0.717) is 19.6 Å². The molecular weight excluding hydrogens is 367 g/mol. The van der Waals surface area contributed by atoms with Crippen LogP contribution < -0.4 is 15.0 Å². The van der Waals surface area contributed by atoms with E-state index in [4.69, 9.17) is 16.3 Å². The SMILES string of the molecule is CCC1CNCCN1c1nc(OCc2ccc(Cl)cc2F)c(F)cc1F. The molecule has 1 aromatic carbocycles. The van der Waals surface area contributed by atoms with Crippen LogP contribution in [0.4, 0.5) is 19.0 Å². The predicted octanol–water partition coefficient (Wildman–Crippen LogP) is 3.92. The smallest absolute Gasteiger partial charge is 0.252 e. The lowest BCUT2D eigenvalue weighted by atomic mass is 10.1. The van der Waals surface area contributed by atoms with Gasteiger partial charge < -0.3 is 15.0 Å². The normalized spacial score (nSPS) is 17.4. The first kappa shape index (κ1) is 18.8. The molecule has 4 nitrogen and oxygen atoms in total. The van der Waals surface area contributed by atoms with Crippen LogP contribution in [-0.2, 0) is 6.61 Å². The average molecular weight is 386 g/mol. The van der Waals surface area contributed by atoms with Crippen LogP contribution >= 0.6 is 11.6 Å². The summed E-state index contributed by atoms with van der Waals surface area (Å²) in [4.78, 5) is 5.84. The molecule has 0 bridgehead atoms. The van der Waals surface area contributed by atoms with Gasteiger partial charge in [-0.3, -0.25) is 0 Å². The molecule has 1 aliphatic rings. The van der Waals surface area contributed by atoms with Crippen LogP contribution in [0.2, 0.25) is 5.02 Å². The highest BCUT2D eigenvalue weighted by molar-refractivity contribution is 6.30. The summed E-state index contributed by atoms with van der Waals surface area (Å²) in [6.45, 7) is 3.69. The lowest BCUT2D eigenvalue weighted by Crippen LogP contribution is -2.51. The molecule has 1 N–H and O–H groups in total. The molecule has 26 heavy (non-hydrogen) atoms. The van der Waals surface area contributed by atoms with Gasteiger partial charge in [0.15, 0.2) is 17.5 Å². The molecule has 1 aliphatic heterocycles. The molecule has 0 amide bonds. The zero-order valence-corrected chi connectivity index (χ0v) is 15.0. The van der Waals surface area contributed by atoms with Crippen LogP contribution in [0.5, 0.6) is 5.88 Å². The highest BCUT2D eigenvalue weighted by atomic mass is 35.5. The van der Waals surface area contributed by atoms with Crippen LogP contribution in [0.3, 0.4) is 0 Å². The fourth-order valence-corrected chi connectivity index (χ4v) is 3.09. The molecule has 1 aromatic heterocycles. The maximum atomic E-state index is 14.3. The second-order valence-corrected chi connectivity index (χ2v) is 6.50. The van der Waals surface area contributed by atoms with Crippen molar-refractivity contribution in [3.63, 3.8) is 0 Å². The first-order chi connectivity index (χ1) is 12.5. The second kappa shape index (κ2) is 8.14. The van der Waals surface area contributed by atoms with Crippen LogP contribution in [-0.4, -0.2) is 30.7 Å². The number of aromatic nitrogens is 1. The molecule has 1 atom stereocenters. The Morgan fingerprint density at radius 2 is 2.04 bits per heavy atom. The molecule has 2 heterocycles. The fourth-order valence-electron chi connectivity index (χ4n) is 2.93. The van der Waals surface area contributed by atoms with E-state index in [9.17, 15) is 13.2 Å². The van der Waals surface area contributed by atoms with Crippen molar-refractivity contribution in [2.24, 2.45) is 0 Å². The number of nitrogens with zero attached hydrogens (tertiary/aromatic N) is 2. The number of pyridine rings is 1. The van der Waals surface area contributed by atoms with Crippen LogP contribution in [0.15, 0.2) is 24.3 Å². The third-order valence-electron chi connectivity index (χ3n) is 4.35. The van der Waals surface area contributed by atoms with Crippen molar-refractivity contribution in [1.82, 2.24) is 10.3 Å². The summed E-state index contributed by atoms with van der Waals surface area (Å²) >= 11 is 5.71.